The summed E-state index contributed by atoms with van der Waals surface area (Å²) in [5.41, 5.74) is 0.658. The molecule has 9 heteroatoms. The molecule has 0 amide bonds. The van der Waals surface area contributed by atoms with E-state index in [1.807, 2.05) is 6.92 Å². The first-order valence-electron chi connectivity index (χ1n) is 10.2. The number of ether oxygens (including phenoxy) is 3. The lowest BCUT2D eigenvalue weighted by Gasteiger charge is -2.18. The lowest BCUT2D eigenvalue weighted by molar-refractivity contribution is 0.171. The molecule has 0 unspecified atom stereocenters. The van der Waals surface area contributed by atoms with Gasteiger partial charge in [0.2, 0.25) is 26.6 Å². The average molecular weight is 442 g/mol. The fraction of sp³-hybridized carbons (Fsp3) is 0.318. The first-order valence-corrected chi connectivity index (χ1v) is 11.7. The van der Waals surface area contributed by atoms with Gasteiger partial charge >= 0.3 is 0 Å². The van der Waals surface area contributed by atoms with Crippen molar-refractivity contribution in [1.29, 1.82) is 0 Å². The highest BCUT2D eigenvalue weighted by atomic mass is 32.2. The summed E-state index contributed by atoms with van der Waals surface area (Å²) in [7, 11) is -3.95. The van der Waals surface area contributed by atoms with Gasteiger partial charge in [0.25, 0.3) is 0 Å². The summed E-state index contributed by atoms with van der Waals surface area (Å²) >= 11 is 0. The summed E-state index contributed by atoms with van der Waals surface area (Å²) < 4.78 is 49.3. The minimum absolute atomic E-state index is 0.0714. The van der Waals surface area contributed by atoms with Crippen molar-refractivity contribution in [3.63, 3.8) is 0 Å². The lowest BCUT2D eigenvalue weighted by Crippen LogP contribution is -2.16. The molecule has 0 radical (unpaired) electrons. The van der Waals surface area contributed by atoms with Crippen LogP contribution in [0.5, 0.6) is 17.2 Å². The minimum Gasteiger partial charge on any atom is -0.494 e. The molecule has 0 bridgehead atoms. The number of hydrogen-bond acceptors (Lipinski definition) is 8. The van der Waals surface area contributed by atoms with Crippen LogP contribution in [0.3, 0.4) is 0 Å². The lowest BCUT2D eigenvalue weighted by atomic mass is 10.2. The van der Waals surface area contributed by atoms with Gasteiger partial charge in [0.15, 0.2) is 11.5 Å². The smallest absolute Gasteiger partial charge is 0.234 e. The fourth-order valence-electron chi connectivity index (χ4n) is 3.28. The van der Waals surface area contributed by atoms with Gasteiger partial charge in [-0.15, -0.1) is 0 Å². The van der Waals surface area contributed by atoms with E-state index >= 15 is 0 Å². The van der Waals surface area contributed by atoms with E-state index in [0.717, 1.165) is 18.6 Å². The molecule has 2 aliphatic rings. The number of oxazole rings is 1. The highest BCUT2D eigenvalue weighted by Gasteiger charge is 2.33. The second kappa shape index (κ2) is 7.81. The molecular weight excluding hydrogens is 420 g/mol. The van der Waals surface area contributed by atoms with Crippen LogP contribution in [0.25, 0.3) is 11.5 Å². The Morgan fingerprint density at radius 2 is 1.81 bits per heavy atom. The van der Waals surface area contributed by atoms with Crippen molar-refractivity contribution < 1.29 is 27.0 Å². The van der Waals surface area contributed by atoms with Gasteiger partial charge in [0.05, 0.1) is 11.5 Å². The van der Waals surface area contributed by atoms with Crippen LogP contribution in [-0.2, 0) is 9.84 Å². The third-order valence-electron chi connectivity index (χ3n) is 5.00. The Balaban J connectivity index is 1.54. The quantitative estimate of drug-likeness (QED) is 0.588. The third-order valence-corrected chi connectivity index (χ3v) is 6.66. The van der Waals surface area contributed by atoms with Crippen molar-refractivity contribution in [3.05, 3.63) is 42.5 Å². The zero-order valence-electron chi connectivity index (χ0n) is 17.0. The molecular formula is C22H22N2O6S. The number of hydrogen-bond donors (Lipinski definition) is 1. The molecule has 162 valence electrons. The maximum absolute atomic E-state index is 13.4. The van der Waals surface area contributed by atoms with Gasteiger partial charge in [-0.25, -0.2) is 8.42 Å². The summed E-state index contributed by atoms with van der Waals surface area (Å²) in [6.07, 6.45) is 1.92. The number of anilines is 1. The maximum atomic E-state index is 13.4. The van der Waals surface area contributed by atoms with E-state index in [4.69, 9.17) is 18.6 Å². The third kappa shape index (κ3) is 3.93. The van der Waals surface area contributed by atoms with Crippen LogP contribution in [-0.4, -0.2) is 39.3 Å². The zero-order valence-corrected chi connectivity index (χ0v) is 17.8. The summed E-state index contributed by atoms with van der Waals surface area (Å²) in [5, 5.41) is 3.02. The molecule has 2 aromatic carbocycles. The summed E-state index contributed by atoms with van der Waals surface area (Å²) in [6, 6.07) is 11.9. The van der Waals surface area contributed by atoms with Gasteiger partial charge in [-0.3, -0.25) is 0 Å². The predicted molar refractivity (Wildman–Crippen MR) is 113 cm³/mol. The number of rotatable bonds is 7. The molecule has 1 aliphatic carbocycles. The Morgan fingerprint density at radius 3 is 2.52 bits per heavy atom. The van der Waals surface area contributed by atoms with Crippen molar-refractivity contribution in [2.24, 2.45) is 0 Å². The SMILES string of the molecule is CCOc1ccc(-c2nc(S(=O)(=O)c3ccc4c(c3)OCCO4)c(NC3CC3)o2)cc1. The summed E-state index contributed by atoms with van der Waals surface area (Å²) in [6.45, 7) is 3.28. The standard InChI is InChI=1S/C22H22N2O6S/c1-2-27-16-7-3-14(4-8-16)20-24-22(21(30-20)23-15-5-6-15)31(25,26)17-9-10-18-19(13-17)29-12-11-28-18/h3-4,7-10,13,15,23H,2,5-6,11-12H2,1H3. The fourth-order valence-corrected chi connectivity index (χ4v) is 4.56. The van der Waals surface area contributed by atoms with E-state index in [0.29, 0.717) is 36.9 Å². The van der Waals surface area contributed by atoms with Crippen LogP contribution in [0.15, 0.2) is 56.8 Å². The molecule has 0 atom stereocenters. The molecule has 5 rings (SSSR count). The largest absolute Gasteiger partial charge is 0.494 e. The van der Waals surface area contributed by atoms with Crippen molar-refractivity contribution in [2.75, 3.05) is 25.1 Å². The summed E-state index contributed by atoms with van der Waals surface area (Å²) in [5.74, 6) is 2.03. The number of benzene rings is 2. The highest BCUT2D eigenvalue weighted by Crippen LogP contribution is 2.38. The van der Waals surface area contributed by atoms with E-state index < -0.39 is 9.84 Å². The van der Waals surface area contributed by atoms with E-state index in [1.54, 1.807) is 30.3 Å². The second-order valence-electron chi connectivity index (χ2n) is 7.34. The first-order chi connectivity index (χ1) is 15.0. The molecule has 1 saturated carbocycles. The molecule has 2 heterocycles. The maximum Gasteiger partial charge on any atom is 0.234 e. The van der Waals surface area contributed by atoms with Crippen LogP contribution in [0, 0.1) is 0 Å². The number of fused-ring (bicyclic) bond motifs is 1. The van der Waals surface area contributed by atoms with Crippen LogP contribution >= 0.6 is 0 Å². The molecule has 1 fully saturated rings. The molecule has 3 aromatic rings. The van der Waals surface area contributed by atoms with E-state index in [1.165, 1.54) is 12.1 Å². The molecule has 0 saturated heterocycles. The number of sulfone groups is 1. The number of nitrogens with one attached hydrogen (secondary N) is 1. The zero-order chi connectivity index (χ0) is 21.4. The Hall–Kier alpha value is -3.20. The van der Waals surface area contributed by atoms with E-state index in [2.05, 4.69) is 10.3 Å². The van der Waals surface area contributed by atoms with Gasteiger partial charge in [-0.2, -0.15) is 4.98 Å². The highest BCUT2D eigenvalue weighted by molar-refractivity contribution is 7.91. The van der Waals surface area contributed by atoms with Crippen LogP contribution < -0.4 is 19.5 Å². The molecule has 0 spiro atoms. The predicted octanol–water partition coefficient (Wildman–Crippen LogP) is 3.92. The van der Waals surface area contributed by atoms with Crippen molar-refractivity contribution in [2.45, 2.75) is 35.7 Å². The van der Waals surface area contributed by atoms with Crippen molar-refractivity contribution in [1.82, 2.24) is 4.98 Å². The topological polar surface area (TPSA) is 99.9 Å². The van der Waals surface area contributed by atoms with Crippen LogP contribution in [0.4, 0.5) is 5.88 Å². The minimum atomic E-state index is -3.95. The first kappa shape index (κ1) is 19.7. The van der Waals surface area contributed by atoms with Gasteiger partial charge in [0.1, 0.15) is 19.0 Å². The van der Waals surface area contributed by atoms with Gasteiger partial charge in [-0.1, -0.05) is 0 Å². The normalized spacial score (nSPS) is 15.5. The number of aromatic nitrogens is 1. The van der Waals surface area contributed by atoms with Gasteiger partial charge < -0.3 is 23.9 Å². The Bertz CT molecular complexity index is 1200. The average Bonchev–Trinajstić information content (AvgIpc) is 3.50. The Kier molecular flexibility index (Phi) is 4.97. The second-order valence-corrected chi connectivity index (χ2v) is 9.20. The molecule has 8 nitrogen and oxygen atoms in total. The van der Waals surface area contributed by atoms with E-state index in [-0.39, 0.29) is 27.7 Å². The molecule has 1 N–H and O–H groups in total. The molecule has 31 heavy (non-hydrogen) atoms. The van der Waals surface area contributed by atoms with Crippen molar-refractivity contribution in [3.8, 4) is 28.7 Å². The molecule has 1 aromatic heterocycles. The summed E-state index contributed by atoms with van der Waals surface area (Å²) in [4.78, 5) is 4.44. The van der Waals surface area contributed by atoms with Crippen LogP contribution in [0.2, 0.25) is 0 Å². The number of nitrogens with zero attached hydrogens (tertiary/aromatic N) is 1. The van der Waals surface area contributed by atoms with Gasteiger partial charge in [-0.05, 0) is 56.2 Å². The Morgan fingerprint density at radius 1 is 1.06 bits per heavy atom. The monoisotopic (exact) mass is 442 g/mol. The van der Waals surface area contributed by atoms with Crippen molar-refractivity contribution >= 4 is 15.7 Å². The van der Waals surface area contributed by atoms with E-state index in [9.17, 15) is 8.42 Å². The van der Waals surface area contributed by atoms with Crippen LogP contribution in [0.1, 0.15) is 19.8 Å². The molecule has 1 aliphatic heterocycles. The van der Waals surface area contributed by atoms with Gasteiger partial charge in [0, 0.05) is 17.7 Å². The Labute approximate surface area is 180 Å².